The van der Waals surface area contributed by atoms with Crippen LogP contribution >= 0.6 is 0 Å². The van der Waals surface area contributed by atoms with E-state index in [0.29, 0.717) is 30.9 Å². The zero-order chi connectivity index (χ0) is 21.8. The number of pyridine rings is 1. The fourth-order valence-corrected chi connectivity index (χ4v) is 4.99. The van der Waals surface area contributed by atoms with Gasteiger partial charge >= 0.3 is 0 Å². The summed E-state index contributed by atoms with van der Waals surface area (Å²) in [4.78, 5) is 33.5. The minimum absolute atomic E-state index is 0.00229. The van der Waals surface area contributed by atoms with Gasteiger partial charge in [-0.05, 0) is 35.6 Å². The molecule has 1 aliphatic carbocycles. The number of nitroso groups, excluding NO2 is 1. The molecular weight excluding hydrogens is 415 g/mol. The Morgan fingerprint density at radius 1 is 1.16 bits per heavy atom. The average molecular weight is 432 g/mol. The van der Waals surface area contributed by atoms with Gasteiger partial charge in [-0.2, -0.15) is 14.3 Å². The van der Waals surface area contributed by atoms with Crippen LogP contribution in [0.1, 0.15) is 23.6 Å². The van der Waals surface area contributed by atoms with Crippen molar-refractivity contribution in [2.24, 2.45) is 11.1 Å². The lowest BCUT2D eigenvalue weighted by molar-refractivity contribution is -0.128. The molecule has 1 saturated heterocycles. The van der Waals surface area contributed by atoms with Crippen molar-refractivity contribution in [3.63, 3.8) is 0 Å². The van der Waals surface area contributed by atoms with Crippen LogP contribution in [-0.4, -0.2) is 43.4 Å². The number of carbonyl (C=O) groups excluding carboxylic acids is 1. The zero-order valence-corrected chi connectivity index (χ0v) is 16.8. The Labute approximate surface area is 180 Å². The van der Waals surface area contributed by atoms with Crippen molar-refractivity contribution in [2.45, 2.75) is 18.9 Å². The lowest BCUT2D eigenvalue weighted by Gasteiger charge is -2.24. The largest absolute Gasteiger partial charge is 0.333 e. The van der Waals surface area contributed by atoms with E-state index in [1.165, 1.54) is 4.40 Å². The Kier molecular flexibility index (Phi) is 4.14. The highest BCUT2D eigenvalue weighted by atomic mass is 19.1. The van der Waals surface area contributed by atoms with Crippen molar-refractivity contribution < 1.29 is 13.7 Å². The predicted octanol–water partition coefficient (Wildman–Crippen LogP) is 3.40. The first-order chi connectivity index (χ1) is 15.7. The second-order valence-corrected chi connectivity index (χ2v) is 8.03. The number of aromatic nitrogens is 4. The van der Waals surface area contributed by atoms with Gasteiger partial charge in [-0.25, -0.2) is 4.98 Å². The standard InChI is InChI=1S/C22H17FN6O3/c23-20-18(25-16-6-1-2-8-28(16)20)22-26-21(27-32-22)14-5-3-4-13-15(14)10-12-11-17(30)29(19(12)13)9-7-24-31/h1-6,8,12,19H,7,9-11H2/t12-,19+/m0/s1. The lowest BCUT2D eigenvalue weighted by atomic mass is 10.0. The van der Waals surface area contributed by atoms with E-state index in [1.807, 2.05) is 18.2 Å². The highest BCUT2D eigenvalue weighted by Crippen LogP contribution is 2.49. The zero-order valence-electron chi connectivity index (χ0n) is 16.8. The monoisotopic (exact) mass is 432 g/mol. The van der Waals surface area contributed by atoms with Crippen LogP contribution in [-0.2, 0) is 11.2 Å². The summed E-state index contributed by atoms with van der Waals surface area (Å²) in [6.07, 6.45) is 2.70. The van der Waals surface area contributed by atoms with E-state index < -0.39 is 5.95 Å². The molecule has 1 aromatic carbocycles. The van der Waals surface area contributed by atoms with Crippen LogP contribution in [0.4, 0.5) is 4.39 Å². The normalized spacial score (nSPS) is 19.5. The number of nitrogens with zero attached hydrogens (tertiary/aromatic N) is 6. The Morgan fingerprint density at radius 3 is 2.91 bits per heavy atom. The van der Waals surface area contributed by atoms with Crippen LogP contribution < -0.4 is 0 Å². The predicted molar refractivity (Wildman–Crippen MR) is 111 cm³/mol. The number of hydrogen-bond donors (Lipinski definition) is 0. The molecule has 10 heteroatoms. The van der Waals surface area contributed by atoms with Crippen LogP contribution in [0.3, 0.4) is 0 Å². The average Bonchev–Trinajstić information content (AvgIpc) is 3.55. The maximum Gasteiger partial charge on any atom is 0.281 e. The minimum Gasteiger partial charge on any atom is -0.333 e. The third-order valence-electron chi connectivity index (χ3n) is 6.31. The van der Waals surface area contributed by atoms with Gasteiger partial charge in [0.25, 0.3) is 5.89 Å². The van der Waals surface area contributed by atoms with Gasteiger partial charge in [0.15, 0.2) is 5.69 Å². The number of likely N-dealkylation sites (tertiary alicyclic amines) is 1. The number of halogens is 1. The van der Waals surface area contributed by atoms with Gasteiger partial charge in [-0.15, -0.1) is 0 Å². The molecular formula is C22H17FN6O3. The van der Waals surface area contributed by atoms with Crippen LogP contribution in [0.15, 0.2) is 52.3 Å². The molecule has 1 amide bonds. The minimum atomic E-state index is -0.568. The quantitative estimate of drug-likeness (QED) is 0.448. The Bertz CT molecular complexity index is 1380. The van der Waals surface area contributed by atoms with Crippen molar-refractivity contribution >= 4 is 11.6 Å². The molecule has 4 heterocycles. The van der Waals surface area contributed by atoms with Gasteiger partial charge in [0.1, 0.15) is 5.65 Å². The first kappa shape index (κ1) is 18.8. The van der Waals surface area contributed by atoms with Gasteiger partial charge in [0.2, 0.25) is 17.7 Å². The second kappa shape index (κ2) is 7.04. The number of benzene rings is 1. The van der Waals surface area contributed by atoms with Gasteiger partial charge in [-0.3, -0.25) is 9.20 Å². The summed E-state index contributed by atoms with van der Waals surface area (Å²) in [5.74, 6) is -0.0374. The molecule has 0 unspecified atom stereocenters. The van der Waals surface area contributed by atoms with Crippen LogP contribution in [0.25, 0.3) is 28.6 Å². The number of hydrogen-bond acceptors (Lipinski definition) is 7. The summed E-state index contributed by atoms with van der Waals surface area (Å²) in [5, 5.41) is 7.00. The van der Waals surface area contributed by atoms with E-state index in [1.54, 1.807) is 29.3 Å². The third-order valence-corrected chi connectivity index (χ3v) is 6.31. The van der Waals surface area contributed by atoms with Crippen molar-refractivity contribution in [1.29, 1.82) is 0 Å². The van der Waals surface area contributed by atoms with Gasteiger partial charge in [0.05, 0.1) is 12.6 Å². The molecule has 4 aromatic rings. The van der Waals surface area contributed by atoms with Crippen molar-refractivity contribution in [2.75, 3.05) is 13.1 Å². The molecule has 0 saturated carbocycles. The number of rotatable bonds is 5. The highest BCUT2D eigenvalue weighted by molar-refractivity contribution is 5.81. The van der Waals surface area contributed by atoms with Crippen molar-refractivity contribution in [3.05, 3.63) is 64.6 Å². The maximum absolute atomic E-state index is 14.8. The summed E-state index contributed by atoms with van der Waals surface area (Å²) < 4.78 is 21.5. The van der Waals surface area contributed by atoms with E-state index >= 15 is 0 Å². The molecule has 3 aromatic heterocycles. The molecule has 0 radical (unpaired) electrons. The molecule has 0 bridgehead atoms. The molecule has 9 nitrogen and oxygen atoms in total. The summed E-state index contributed by atoms with van der Waals surface area (Å²) in [6.45, 7) is 0.384. The molecule has 0 spiro atoms. The topological polar surface area (TPSA) is 106 Å². The Balaban J connectivity index is 1.38. The molecule has 2 atom stereocenters. The molecule has 1 aliphatic heterocycles. The number of amides is 1. The molecule has 160 valence electrons. The van der Waals surface area contributed by atoms with Gasteiger partial charge in [0, 0.05) is 24.7 Å². The third kappa shape index (κ3) is 2.68. The van der Waals surface area contributed by atoms with Crippen molar-refractivity contribution in [3.8, 4) is 23.0 Å². The fourth-order valence-electron chi connectivity index (χ4n) is 4.99. The molecule has 1 fully saturated rings. The highest BCUT2D eigenvalue weighted by Gasteiger charge is 2.46. The molecule has 6 rings (SSSR count). The molecule has 2 aliphatic rings. The molecule has 0 N–H and O–H groups in total. The Hall–Kier alpha value is -3.95. The van der Waals surface area contributed by atoms with Crippen LogP contribution in [0, 0.1) is 16.8 Å². The fraction of sp³-hybridized carbons (Fsp3) is 0.273. The summed E-state index contributed by atoms with van der Waals surface area (Å²) in [5.41, 5.74) is 3.30. The second-order valence-electron chi connectivity index (χ2n) is 8.03. The smallest absolute Gasteiger partial charge is 0.281 e. The molecule has 32 heavy (non-hydrogen) atoms. The Morgan fingerprint density at radius 2 is 2.06 bits per heavy atom. The van der Waals surface area contributed by atoms with E-state index in [2.05, 4.69) is 20.3 Å². The van der Waals surface area contributed by atoms with E-state index in [0.717, 1.165) is 16.7 Å². The summed E-state index contributed by atoms with van der Waals surface area (Å²) in [6, 6.07) is 10.9. The van der Waals surface area contributed by atoms with Gasteiger partial charge in [-0.1, -0.05) is 34.6 Å². The first-order valence-corrected chi connectivity index (χ1v) is 10.3. The summed E-state index contributed by atoms with van der Waals surface area (Å²) in [7, 11) is 0. The lowest BCUT2D eigenvalue weighted by Crippen LogP contribution is -2.30. The van der Waals surface area contributed by atoms with Crippen LogP contribution in [0.5, 0.6) is 0 Å². The van der Waals surface area contributed by atoms with E-state index in [9.17, 15) is 14.1 Å². The van der Waals surface area contributed by atoms with E-state index in [-0.39, 0.29) is 36.0 Å². The number of carbonyl (C=O) groups is 1. The summed E-state index contributed by atoms with van der Waals surface area (Å²) >= 11 is 0. The number of fused-ring (bicyclic) bond motifs is 4. The van der Waals surface area contributed by atoms with E-state index in [4.69, 9.17) is 4.52 Å². The maximum atomic E-state index is 14.8. The van der Waals surface area contributed by atoms with Crippen LogP contribution in [0.2, 0.25) is 0 Å². The van der Waals surface area contributed by atoms with Crippen molar-refractivity contribution in [1.82, 2.24) is 24.4 Å². The van der Waals surface area contributed by atoms with Gasteiger partial charge < -0.3 is 9.42 Å². The number of imidazole rings is 1. The first-order valence-electron chi connectivity index (χ1n) is 10.3. The SMILES string of the molecule is O=NCCN1C(=O)C[C@@H]2Cc3c(-c4noc(-c5nc6ccccn6c5F)n4)cccc3[C@@H]21.